The van der Waals surface area contributed by atoms with Crippen LogP contribution >= 0.6 is 0 Å². The van der Waals surface area contributed by atoms with E-state index in [-0.39, 0.29) is 18.2 Å². The van der Waals surface area contributed by atoms with Crippen molar-refractivity contribution in [2.24, 2.45) is 5.92 Å². The van der Waals surface area contributed by atoms with E-state index in [2.05, 4.69) is 0 Å². The summed E-state index contributed by atoms with van der Waals surface area (Å²) in [6.07, 6.45) is 0.972. The van der Waals surface area contributed by atoms with Gasteiger partial charge in [0.05, 0.1) is 0 Å². The van der Waals surface area contributed by atoms with Gasteiger partial charge in [-0.3, -0.25) is 4.79 Å². The molecule has 154 valence electrons. The van der Waals surface area contributed by atoms with Gasteiger partial charge in [-0.25, -0.2) is 9.18 Å². The smallest absolute Gasteiger partial charge is 0.410 e. The lowest BCUT2D eigenvalue weighted by Crippen LogP contribution is -2.44. The Morgan fingerprint density at radius 2 is 1.86 bits per heavy atom. The van der Waals surface area contributed by atoms with E-state index in [1.165, 1.54) is 6.07 Å². The number of halogens is 1. The summed E-state index contributed by atoms with van der Waals surface area (Å²) in [6, 6.07) is 12.1. The van der Waals surface area contributed by atoms with E-state index in [9.17, 15) is 14.0 Å². The molecule has 0 unspecified atom stereocenters. The Morgan fingerprint density at radius 3 is 2.55 bits per heavy atom. The number of aryl methyl sites for hydroxylation is 1. The van der Waals surface area contributed by atoms with Crippen molar-refractivity contribution in [3.05, 3.63) is 59.4 Å². The quantitative estimate of drug-likeness (QED) is 0.631. The van der Waals surface area contributed by atoms with E-state index in [0.29, 0.717) is 36.1 Å². The first kappa shape index (κ1) is 21.0. The summed E-state index contributed by atoms with van der Waals surface area (Å²) >= 11 is 0. The molecular weight excluding hydrogens is 369 g/mol. The van der Waals surface area contributed by atoms with Gasteiger partial charge in [0, 0.05) is 30.1 Å². The predicted octanol–water partition coefficient (Wildman–Crippen LogP) is 5.63. The van der Waals surface area contributed by atoms with Gasteiger partial charge in [-0.05, 0) is 52.2 Å². The van der Waals surface area contributed by atoms with Gasteiger partial charge in [0.25, 0.3) is 0 Å². The third-order valence-corrected chi connectivity index (χ3v) is 5.03. The normalized spacial score (nSPS) is 17.1. The van der Waals surface area contributed by atoms with Gasteiger partial charge in [-0.2, -0.15) is 0 Å². The summed E-state index contributed by atoms with van der Waals surface area (Å²) in [5.74, 6) is -0.919. The van der Waals surface area contributed by atoms with Gasteiger partial charge in [0.2, 0.25) is 0 Å². The predicted molar refractivity (Wildman–Crippen MR) is 111 cm³/mol. The fraction of sp³-hybridized carbons (Fsp3) is 0.417. The van der Waals surface area contributed by atoms with Gasteiger partial charge < -0.3 is 9.64 Å². The number of Topliss-reactive ketones (excluding diaryl/α,β-unsaturated/α-hetero) is 1. The second-order valence-corrected chi connectivity index (χ2v) is 8.66. The Bertz CT molecular complexity index is 917. The molecule has 0 saturated carbocycles. The van der Waals surface area contributed by atoms with Gasteiger partial charge in [0.1, 0.15) is 11.4 Å². The van der Waals surface area contributed by atoms with E-state index in [1.54, 1.807) is 17.0 Å². The number of ether oxygens (including phenoxy) is 1. The summed E-state index contributed by atoms with van der Waals surface area (Å²) in [5.41, 5.74) is 1.79. The minimum Gasteiger partial charge on any atom is -0.444 e. The molecule has 0 aromatic heterocycles. The molecule has 5 heteroatoms. The van der Waals surface area contributed by atoms with Crippen molar-refractivity contribution in [3.8, 4) is 11.1 Å². The fourth-order valence-electron chi connectivity index (χ4n) is 3.73. The van der Waals surface area contributed by atoms with Crippen LogP contribution in [0.1, 0.15) is 49.5 Å². The van der Waals surface area contributed by atoms with Crippen LogP contribution in [0.3, 0.4) is 0 Å². The van der Waals surface area contributed by atoms with E-state index in [4.69, 9.17) is 4.74 Å². The molecule has 0 bridgehead atoms. The number of carbonyl (C=O) groups excluding carboxylic acids is 2. The molecule has 0 radical (unpaired) electrons. The van der Waals surface area contributed by atoms with Crippen LogP contribution in [0.2, 0.25) is 0 Å². The second-order valence-electron chi connectivity index (χ2n) is 8.66. The molecule has 1 aliphatic heterocycles. The highest BCUT2D eigenvalue weighted by atomic mass is 19.1. The van der Waals surface area contributed by atoms with Crippen LogP contribution in [-0.2, 0) is 4.74 Å². The summed E-state index contributed by atoms with van der Waals surface area (Å²) in [6.45, 7) is 8.24. The third kappa shape index (κ3) is 5.03. The molecule has 2 aromatic carbocycles. The van der Waals surface area contributed by atoms with Crippen LogP contribution in [0, 0.1) is 18.7 Å². The number of ketones is 1. The number of likely N-dealkylation sites (tertiary alicyclic amines) is 1. The number of hydrogen-bond donors (Lipinski definition) is 0. The van der Waals surface area contributed by atoms with Crippen molar-refractivity contribution in [1.82, 2.24) is 4.90 Å². The molecule has 4 nitrogen and oxygen atoms in total. The van der Waals surface area contributed by atoms with E-state index in [1.807, 2.05) is 52.0 Å². The standard InChI is InChI=1S/C24H28FNO3/c1-16-8-5-9-17(14-16)21-19(11-6-12-20(21)25)22(27)18-10-7-13-26(15-18)23(28)29-24(2,3)4/h5-6,8-9,11-12,14,18H,7,10,13,15H2,1-4H3/t18-/m1/s1. The van der Waals surface area contributed by atoms with Crippen molar-refractivity contribution >= 4 is 11.9 Å². The number of carbonyl (C=O) groups is 2. The molecule has 1 fully saturated rings. The lowest BCUT2D eigenvalue weighted by molar-refractivity contribution is 0.0172. The van der Waals surface area contributed by atoms with Crippen LogP contribution in [0.5, 0.6) is 0 Å². The van der Waals surface area contributed by atoms with Crippen molar-refractivity contribution < 1.29 is 18.7 Å². The molecule has 1 aliphatic rings. The fourth-order valence-corrected chi connectivity index (χ4v) is 3.73. The Labute approximate surface area is 171 Å². The summed E-state index contributed by atoms with van der Waals surface area (Å²) in [5, 5.41) is 0. The van der Waals surface area contributed by atoms with Crippen molar-refractivity contribution in [2.45, 2.75) is 46.1 Å². The van der Waals surface area contributed by atoms with Crippen molar-refractivity contribution in [1.29, 1.82) is 0 Å². The monoisotopic (exact) mass is 397 g/mol. The van der Waals surface area contributed by atoms with Crippen LogP contribution in [0.4, 0.5) is 9.18 Å². The van der Waals surface area contributed by atoms with E-state index in [0.717, 1.165) is 5.56 Å². The SMILES string of the molecule is Cc1cccc(-c2c(F)cccc2C(=O)[C@@H]2CCCN(C(=O)OC(C)(C)C)C2)c1. The number of nitrogens with zero attached hydrogens (tertiary/aromatic N) is 1. The Balaban J connectivity index is 1.87. The molecular formula is C24H28FNO3. The zero-order valence-corrected chi connectivity index (χ0v) is 17.5. The number of hydrogen-bond acceptors (Lipinski definition) is 3. The molecule has 1 saturated heterocycles. The molecule has 1 amide bonds. The number of rotatable bonds is 3. The van der Waals surface area contributed by atoms with Crippen LogP contribution in [0.25, 0.3) is 11.1 Å². The van der Waals surface area contributed by atoms with Gasteiger partial charge in [-0.1, -0.05) is 42.0 Å². The zero-order chi connectivity index (χ0) is 21.2. The first-order valence-electron chi connectivity index (χ1n) is 10.0. The van der Waals surface area contributed by atoms with Crippen LogP contribution in [-0.4, -0.2) is 35.5 Å². The average molecular weight is 397 g/mol. The molecule has 0 N–H and O–H groups in total. The molecule has 1 atom stereocenters. The van der Waals surface area contributed by atoms with E-state index < -0.39 is 17.5 Å². The topological polar surface area (TPSA) is 46.6 Å². The van der Waals surface area contributed by atoms with Gasteiger partial charge in [-0.15, -0.1) is 0 Å². The van der Waals surface area contributed by atoms with Crippen LogP contribution < -0.4 is 0 Å². The lowest BCUT2D eigenvalue weighted by atomic mass is 9.86. The first-order chi connectivity index (χ1) is 13.7. The highest BCUT2D eigenvalue weighted by Crippen LogP contribution is 2.31. The number of amides is 1. The molecule has 0 spiro atoms. The lowest BCUT2D eigenvalue weighted by Gasteiger charge is -2.33. The average Bonchev–Trinajstić information content (AvgIpc) is 2.66. The molecule has 29 heavy (non-hydrogen) atoms. The minimum absolute atomic E-state index is 0.130. The highest BCUT2D eigenvalue weighted by molar-refractivity contribution is 6.04. The molecule has 1 heterocycles. The summed E-state index contributed by atoms with van der Waals surface area (Å²) in [7, 11) is 0. The molecule has 2 aromatic rings. The second kappa shape index (κ2) is 8.36. The zero-order valence-electron chi connectivity index (χ0n) is 17.5. The van der Waals surface area contributed by atoms with Gasteiger partial charge in [0.15, 0.2) is 5.78 Å². The number of benzene rings is 2. The van der Waals surface area contributed by atoms with Gasteiger partial charge >= 0.3 is 6.09 Å². The maximum Gasteiger partial charge on any atom is 0.410 e. The molecule has 3 rings (SSSR count). The summed E-state index contributed by atoms with van der Waals surface area (Å²) < 4.78 is 20.2. The maximum absolute atomic E-state index is 14.7. The largest absolute Gasteiger partial charge is 0.444 e. The summed E-state index contributed by atoms with van der Waals surface area (Å²) in [4.78, 5) is 27.4. The molecule has 0 aliphatic carbocycles. The van der Waals surface area contributed by atoms with Crippen molar-refractivity contribution in [2.75, 3.05) is 13.1 Å². The minimum atomic E-state index is -0.588. The van der Waals surface area contributed by atoms with E-state index >= 15 is 0 Å². The Morgan fingerprint density at radius 1 is 1.14 bits per heavy atom. The van der Waals surface area contributed by atoms with Crippen LogP contribution in [0.15, 0.2) is 42.5 Å². The number of piperidine rings is 1. The Hall–Kier alpha value is -2.69. The third-order valence-electron chi connectivity index (χ3n) is 5.03. The highest BCUT2D eigenvalue weighted by Gasteiger charge is 2.32. The first-order valence-corrected chi connectivity index (χ1v) is 10.0. The Kier molecular flexibility index (Phi) is 6.06. The van der Waals surface area contributed by atoms with Crippen molar-refractivity contribution in [3.63, 3.8) is 0 Å². The maximum atomic E-state index is 14.7.